The number of rotatable bonds is 6. The van der Waals surface area contributed by atoms with E-state index in [9.17, 15) is 4.79 Å². The highest BCUT2D eigenvalue weighted by molar-refractivity contribution is 5.76. The van der Waals surface area contributed by atoms with Gasteiger partial charge in [0.2, 0.25) is 0 Å². The van der Waals surface area contributed by atoms with Crippen molar-refractivity contribution in [2.75, 3.05) is 6.61 Å². The Bertz CT molecular complexity index is 915. The minimum Gasteiger partial charge on any atom is -0.464 e. The van der Waals surface area contributed by atoms with Crippen LogP contribution in [0.4, 0.5) is 0 Å². The van der Waals surface area contributed by atoms with Crippen LogP contribution in [0.2, 0.25) is 0 Å². The molecule has 1 saturated heterocycles. The van der Waals surface area contributed by atoms with Gasteiger partial charge in [0.1, 0.15) is 6.23 Å². The lowest BCUT2D eigenvalue weighted by atomic mass is 9.99. The lowest BCUT2D eigenvalue weighted by molar-refractivity contribution is -0.156. The molecule has 1 unspecified atom stereocenters. The predicted octanol–water partition coefficient (Wildman–Crippen LogP) is 4.89. The monoisotopic (exact) mass is 387 g/mol. The molecule has 0 bridgehead atoms. The minimum absolute atomic E-state index is 0.235. The highest BCUT2D eigenvalue weighted by Crippen LogP contribution is 2.44. The van der Waals surface area contributed by atoms with E-state index >= 15 is 0 Å². The van der Waals surface area contributed by atoms with Gasteiger partial charge in [-0.3, -0.25) is 4.90 Å². The highest BCUT2D eigenvalue weighted by atomic mass is 16.6. The van der Waals surface area contributed by atoms with Crippen molar-refractivity contribution in [3.05, 3.63) is 108 Å². The Hall–Kier alpha value is -2.95. The average Bonchev–Trinajstić information content (AvgIpc) is 3.15. The van der Waals surface area contributed by atoms with Gasteiger partial charge in [0.25, 0.3) is 0 Å². The fraction of sp³-hybridized carbons (Fsp3) is 0.240. The van der Waals surface area contributed by atoms with Gasteiger partial charge >= 0.3 is 5.97 Å². The van der Waals surface area contributed by atoms with Crippen LogP contribution in [0.1, 0.15) is 35.9 Å². The first-order valence-electron chi connectivity index (χ1n) is 9.99. The van der Waals surface area contributed by atoms with Crippen LogP contribution < -0.4 is 0 Å². The molecule has 1 heterocycles. The summed E-state index contributed by atoms with van der Waals surface area (Å²) < 4.78 is 11.7. The molecule has 29 heavy (non-hydrogen) atoms. The van der Waals surface area contributed by atoms with Crippen LogP contribution in [0, 0.1) is 0 Å². The number of hydrogen-bond donors (Lipinski definition) is 0. The Morgan fingerprint density at radius 3 is 2.00 bits per heavy atom. The van der Waals surface area contributed by atoms with Crippen molar-refractivity contribution in [3.63, 3.8) is 0 Å². The van der Waals surface area contributed by atoms with Gasteiger partial charge in [-0.25, -0.2) is 4.79 Å². The van der Waals surface area contributed by atoms with Crippen LogP contribution in [0.3, 0.4) is 0 Å². The molecule has 3 atom stereocenters. The molecule has 1 aliphatic rings. The number of esters is 1. The van der Waals surface area contributed by atoms with E-state index in [1.165, 1.54) is 5.56 Å². The van der Waals surface area contributed by atoms with E-state index in [-0.39, 0.29) is 18.2 Å². The molecule has 4 heteroatoms. The molecule has 0 spiro atoms. The number of hydrogen-bond acceptors (Lipinski definition) is 4. The molecule has 4 rings (SSSR count). The third-order valence-electron chi connectivity index (χ3n) is 5.17. The number of benzene rings is 3. The van der Waals surface area contributed by atoms with Crippen molar-refractivity contribution >= 4 is 5.97 Å². The Labute approximate surface area is 171 Å². The van der Waals surface area contributed by atoms with Gasteiger partial charge in [0, 0.05) is 6.54 Å². The average molecular weight is 387 g/mol. The summed E-state index contributed by atoms with van der Waals surface area (Å²) in [6.07, 6.45) is -1.03. The van der Waals surface area contributed by atoms with Crippen LogP contribution in [0.25, 0.3) is 0 Å². The van der Waals surface area contributed by atoms with Gasteiger partial charge in [-0.05, 0) is 23.6 Å². The largest absolute Gasteiger partial charge is 0.464 e. The summed E-state index contributed by atoms with van der Waals surface area (Å²) >= 11 is 0. The molecule has 0 radical (unpaired) electrons. The summed E-state index contributed by atoms with van der Waals surface area (Å²) in [5.41, 5.74) is 3.23. The summed E-state index contributed by atoms with van der Waals surface area (Å²) in [7, 11) is 0. The van der Waals surface area contributed by atoms with Gasteiger partial charge in [0.05, 0.1) is 12.6 Å². The second-order valence-corrected chi connectivity index (χ2v) is 7.09. The fourth-order valence-electron chi connectivity index (χ4n) is 3.90. The maximum Gasteiger partial charge on any atom is 0.337 e. The van der Waals surface area contributed by atoms with Crippen LogP contribution in [0.15, 0.2) is 91.0 Å². The number of carbonyl (C=O) groups excluding carboxylic acids is 1. The second-order valence-electron chi connectivity index (χ2n) is 7.09. The van der Waals surface area contributed by atoms with Crippen LogP contribution >= 0.6 is 0 Å². The molecule has 3 aromatic rings. The van der Waals surface area contributed by atoms with Gasteiger partial charge in [0.15, 0.2) is 6.10 Å². The fourth-order valence-corrected chi connectivity index (χ4v) is 3.90. The Morgan fingerprint density at radius 2 is 1.41 bits per heavy atom. The zero-order chi connectivity index (χ0) is 20.1. The summed E-state index contributed by atoms with van der Waals surface area (Å²) in [6.45, 7) is 2.81. The van der Waals surface area contributed by atoms with Crippen LogP contribution in [0.5, 0.6) is 0 Å². The zero-order valence-electron chi connectivity index (χ0n) is 16.5. The molecule has 1 fully saturated rings. The third-order valence-corrected chi connectivity index (χ3v) is 5.17. The quantitative estimate of drug-likeness (QED) is 0.565. The van der Waals surface area contributed by atoms with E-state index in [0.717, 1.165) is 11.1 Å². The van der Waals surface area contributed by atoms with E-state index in [4.69, 9.17) is 9.47 Å². The molecule has 4 nitrogen and oxygen atoms in total. The van der Waals surface area contributed by atoms with Gasteiger partial charge in [-0.1, -0.05) is 91.0 Å². The number of ether oxygens (including phenoxy) is 2. The number of nitrogens with zero attached hydrogens (tertiary/aromatic N) is 1. The van der Waals surface area contributed by atoms with Crippen molar-refractivity contribution in [2.45, 2.75) is 31.8 Å². The predicted molar refractivity (Wildman–Crippen MR) is 112 cm³/mol. The highest BCUT2D eigenvalue weighted by Gasteiger charge is 2.47. The maximum absolute atomic E-state index is 12.8. The zero-order valence-corrected chi connectivity index (χ0v) is 16.5. The van der Waals surface area contributed by atoms with Crippen LogP contribution in [-0.4, -0.2) is 23.6 Å². The van der Waals surface area contributed by atoms with Crippen molar-refractivity contribution in [3.8, 4) is 0 Å². The van der Waals surface area contributed by atoms with E-state index < -0.39 is 6.10 Å². The Balaban J connectivity index is 1.77. The molecule has 0 aromatic heterocycles. The molecule has 0 aliphatic carbocycles. The summed E-state index contributed by atoms with van der Waals surface area (Å²) in [4.78, 5) is 15.1. The molecule has 3 aromatic carbocycles. The maximum atomic E-state index is 12.8. The summed E-state index contributed by atoms with van der Waals surface area (Å²) in [5.74, 6) is -0.321. The SMILES string of the molecule is CCOC(=O)[C@@H]1OC(c2ccccc2)N(Cc2ccccc2)[C@H]1c1ccccc1. The van der Waals surface area contributed by atoms with Gasteiger partial charge in [-0.15, -0.1) is 0 Å². The molecule has 1 aliphatic heterocycles. The molecule has 0 amide bonds. The summed E-state index contributed by atoms with van der Waals surface area (Å²) in [5, 5.41) is 0. The molecule has 148 valence electrons. The van der Waals surface area contributed by atoms with Gasteiger partial charge < -0.3 is 9.47 Å². The van der Waals surface area contributed by atoms with E-state index in [1.54, 1.807) is 0 Å². The normalized spacial score (nSPS) is 21.8. The van der Waals surface area contributed by atoms with Crippen molar-refractivity contribution in [2.24, 2.45) is 0 Å². The molecular weight excluding hydrogens is 362 g/mol. The van der Waals surface area contributed by atoms with E-state index in [2.05, 4.69) is 17.0 Å². The molecule has 0 saturated carbocycles. The number of carbonyl (C=O) groups is 1. The van der Waals surface area contributed by atoms with Gasteiger partial charge in [-0.2, -0.15) is 0 Å². The van der Waals surface area contributed by atoms with Crippen molar-refractivity contribution in [1.82, 2.24) is 4.90 Å². The Morgan fingerprint density at radius 1 is 0.862 bits per heavy atom. The minimum atomic E-state index is -0.689. The standard InChI is InChI=1S/C25H25NO3/c1-2-28-25(27)23-22(20-14-8-4-9-15-20)26(18-19-12-6-3-7-13-19)24(29-23)21-16-10-5-11-17-21/h3-17,22-24H,2,18H2,1H3/t22-,23+,24?/m0/s1. The smallest absolute Gasteiger partial charge is 0.337 e. The first-order valence-corrected chi connectivity index (χ1v) is 9.99. The third kappa shape index (κ3) is 4.24. The molecule has 0 N–H and O–H groups in total. The topological polar surface area (TPSA) is 38.8 Å². The lowest BCUT2D eigenvalue weighted by Crippen LogP contribution is -2.33. The van der Waals surface area contributed by atoms with E-state index in [1.807, 2.05) is 85.8 Å². The molecular formula is C25H25NO3. The first kappa shape index (κ1) is 19.4. The van der Waals surface area contributed by atoms with Crippen molar-refractivity contribution < 1.29 is 14.3 Å². The van der Waals surface area contributed by atoms with E-state index in [0.29, 0.717) is 13.2 Å². The Kier molecular flexibility index (Phi) is 6.03. The second kappa shape index (κ2) is 9.03. The lowest BCUT2D eigenvalue weighted by Gasteiger charge is -2.29. The first-order chi connectivity index (χ1) is 14.3. The van der Waals surface area contributed by atoms with Crippen molar-refractivity contribution in [1.29, 1.82) is 0 Å². The van der Waals surface area contributed by atoms with Crippen LogP contribution in [-0.2, 0) is 20.8 Å². The summed E-state index contributed by atoms with van der Waals surface area (Å²) in [6, 6.07) is 30.2.